The Bertz CT molecular complexity index is 613. The highest BCUT2D eigenvalue weighted by Crippen LogP contribution is 2.38. The summed E-state index contributed by atoms with van der Waals surface area (Å²) in [4.78, 5) is 0. The number of nitrogens with zero attached hydrogens (tertiary/aromatic N) is 1. The molecule has 2 nitrogen and oxygen atoms in total. The summed E-state index contributed by atoms with van der Waals surface area (Å²) >= 11 is 0. The minimum atomic E-state index is -1.04. The second-order valence-corrected chi connectivity index (χ2v) is 7.68. The van der Waals surface area contributed by atoms with Gasteiger partial charge in [-0.2, -0.15) is 0 Å². The molecule has 1 unspecified atom stereocenters. The van der Waals surface area contributed by atoms with Crippen molar-refractivity contribution in [3.05, 3.63) is 59.4 Å². The van der Waals surface area contributed by atoms with Crippen LogP contribution in [0.25, 0.3) is 11.8 Å². The Balaban J connectivity index is 2.02. The third-order valence-corrected chi connectivity index (χ3v) is 4.28. The molecule has 3 heteroatoms. The number of hydrogen-bond donors (Lipinski definition) is 0. The van der Waals surface area contributed by atoms with Crippen molar-refractivity contribution in [1.29, 1.82) is 0 Å². The molecule has 0 amide bonds. The number of benzene rings is 1. The van der Waals surface area contributed by atoms with Crippen molar-refractivity contribution < 1.29 is 4.43 Å². The van der Waals surface area contributed by atoms with Gasteiger partial charge in [0, 0.05) is 17.4 Å². The van der Waals surface area contributed by atoms with Gasteiger partial charge >= 0.3 is 0 Å². The van der Waals surface area contributed by atoms with Crippen molar-refractivity contribution in [3.8, 4) is 5.69 Å². The fraction of sp³-hybridized carbons (Fsp3) is 0.250. The summed E-state index contributed by atoms with van der Waals surface area (Å²) < 4.78 is 8.40. The lowest BCUT2D eigenvalue weighted by Gasteiger charge is -2.17. The fourth-order valence-electron chi connectivity index (χ4n) is 2.64. The third kappa shape index (κ3) is 2.20. The minimum absolute atomic E-state index is 0.173. The zero-order valence-electron chi connectivity index (χ0n) is 11.6. The van der Waals surface area contributed by atoms with Crippen LogP contribution in [0.15, 0.2) is 48.2 Å². The molecule has 0 radical (unpaired) electrons. The van der Waals surface area contributed by atoms with Crippen LogP contribution in [-0.4, -0.2) is 13.6 Å². The number of rotatable bonds is 3. The van der Waals surface area contributed by atoms with Crippen LogP contribution in [0.4, 0.5) is 0 Å². The van der Waals surface area contributed by atoms with Gasteiger partial charge in [-0.05, 0) is 49.9 Å². The van der Waals surface area contributed by atoms with Crippen molar-refractivity contribution in [2.45, 2.75) is 26.1 Å². The molecule has 0 spiro atoms. The van der Waals surface area contributed by atoms with Crippen molar-refractivity contribution in [1.82, 2.24) is 4.57 Å². The molecule has 2 aromatic rings. The Morgan fingerprint density at radius 1 is 1.11 bits per heavy atom. The SMILES string of the molecule is CC1=Cc2c(ccn2-c2ccccc2)C1O[SiH](C)C. The molecular formula is C16H19NOSi. The molecular weight excluding hydrogens is 250 g/mol. The summed E-state index contributed by atoms with van der Waals surface area (Å²) in [5.41, 5.74) is 5.10. The van der Waals surface area contributed by atoms with Crippen molar-refractivity contribution in [3.63, 3.8) is 0 Å². The minimum Gasteiger partial charge on any atom is -0.410 e. The van der Waals surface area contributed by atoms with Crippen molar-refractivity contribution >= 4 is 15.1 Å². The molecule has 1 aliphatic carbocycles. The highest BCUT2D eigenvalue weighted by atomic mass is 28.3. The van der Waals surface area contributed by atoms with E-state index in [-0.39, 0.29) is 6.10 Å². The first-order valence-corrected chi connectivity index (χ1v) is 9.55. The van der Waals surface area contributed by atoms with E-state index in [9.17, 15) is 0 Å². The molecule has 0 saturated carbocycles. The smallest absolute Gasteiger partial charge is 0.172 e. The van der Waals surface area contributed by atoms with Gasteiger partial charge in [-0.25, -0.2) is 0 Å². The average molecular weight is 269 g/mol. The zero-order valence-corrected chi connectivity index (χ0v) is 12.8. The van der Waals surface area contributed by atoms with Crippen LogP contribution in [0.5, 0.6) is 0 Å². The molecule has 1 atom stereocenters. The number of hydrogen-bond acceptors (Lipinski definition) is 1. The van der Waals surface area contributed by atoms with Gasteiger partial charge in [0.1, 0.15) is 0 Å². The monoisotopic (exact) mass is 269 g/mol. The predicted octanol–water partition coefficient (Wildman–Crippen LogP) is 3.94. The van der Waals surface area contributed by atoms with Gasteiger partial charge < -0.3 is 8.99 Å². The van der Waals surface area contributed by atoms with E-state index in [1.165, 1.54) is 22.5 Å². The van der Waals surface area contributed by atoms with E-state index < -0.39 is 9.04 Å². The summed E-state index contributed by atoms with van der Waals surface area (Å²) in [5.74, 6) is 0. The quantitative estimate of drug-likeness (QED) is 0.770. The standard InChI is InChI=1S/C16H19NOSi/c1-12-11-15-14(16(12)18-19(2)3)9-10-17(15)13-7-5-4-6-8-13/h4-11,16,19H,1-3H3. The molecule has 1 heterocycles. The van der Waals surface area contributed by atoms with E-state index in [4.69, 9.17) is 4.43 Å². The van der Waals surface area contributed by atoms with E-state index in [0.29, 0.717) is 0 Å². The molecule has 19 heavy (non-hydrogen) atoms. The van der Waals surface area contributed by atoms with Crippen LogP contribution < -0.4 is 0 Å². The second kappa shape index (κ2) is 4.83. The van der Waals surface area contributed by atoms with Crippen LogP contribution in [0, 0.1) is 0 Å². The van der Waals surface area contributed by atoms with Crippen LogP contribution >= 0.6 is 0 Å². The lowest BCUT2D eigenvalue weighted by Crippen LogP contribution is -2.13. The topological polar surface area (TPSA) is 14.2 Å². The fourth-order valence-corrected chi connectivity index (χ4v) is 3.54. The maximum absolute atomic E-state index is 6.16. The van der Waals surface area contributed by atoms with E-state index in [1.807, 2.05) is 6.07 Å². The first kappa shape index (κ1) is 12.5. The summed E-state index contributed by atoms with van der Waals surface area (Å²) in [6, 6.07) is 12.6. The van der Waals surface area contributed by atoms with Gasteiger partial charge in [-0.15, -0.1) is 0 Å². The molecule has 1 aromatic heterocycles. The van der Waals surface area contributed by atoms with Gasteiger partial charge in [-0.1, -0.05) is 18.2 Å². The van der Waals surface area contributed by atoms with Crippen LogP contribution in [0.2, 0.25) is 13.1 Å². The first-order valence-electron chi connectivity index (χ1n) is 6.77. The van der Waals surface area contributed by atoms with Gasteiger partial charge in [0.05, 0.1) is 11.8 Å². The predicted molar refractivity (Wildman–Crippen MR) is 82.1 cm³/mol. The second-order valence-electron chi connectivity index (χ2n) is 5.32. The number of aromatic nitrogens is 1. The Morgan fingerprint density at radius 2 is 1.84 bits per heavy atom. The van der Waals surface area contributed by atoms with E-state index in [0.717, 1.165) is 0 Å². The van der Waals surface area contributed by atoms with E-state index in [1.54, 1.807) is 0 Å². The average Bonchev–Trinajstić information content (AvgIpc) is 2.91. The van der Waals surface area contributed by atoms with Gasteiger partial charge in [0.2, 0.25) is 0 Å². The van der Waals surface area contributed by atoms with E-state index >= 15 is 0 Å². The molecule has 3 rings (SSSR count). The van der Waals surface area contributed by atoms with Crippen LogP contribution in [-0.2, 0) is 4.43 Å². The molecule has 0 saturated heterocycles. The molecule has 0 N–H and O–H groups in total. The molecule has 98 valence electrons. The van der Waals surface area contributed by atoms with E-state index in [2.05, 4.69) is 67.2 Å². The molecule has 0 fully saturated rings. The summed E-state index contributed by atoms with van der Waals surface area (Å²) in [6.45, 7) is 6.61. The lowest BCUT2D eigenvalue weighted by atomic mass is 10.1. The Morgan fingerprint density at radius 3 is 2.53 bits per heavy atom. The third-order valence-electron chi connectivity index (χ3n) is 3.46. The van der Waals surface area contributed by atoms with Gasteiger partial charge in [-0.3, -0.25) is 0 Å². The van der Waals surface area contributed by atoms with Crippen LogP contribution in [0.3, 0.4) is 0 Å². The summed E-state index contributed by atoms with van der Waals surface area (Å²) in [6.07, 6.45) is 4.57. The molecule has 1 aliphatic rings. The Hall–Kier alpha value is -1.58. The number of fused-ring (bicyclic) bond motifs is 1. The highest BCUT2D eigenvalue weighted by molar-refractivity contribution is 6.48. The molecule has 0 bridgehead atoms. The van der Waals surface area contributed by atoms with Crippen molar-refractivity contribution in [2.75, 3.05) is 0 Å². The van der Waals surface area contributed by atoms with Gasteiger partial charge in [0.15, 0.2) is 9.04 Å². The highest BCUT2D eigenvalue weighted by Gasteiger charge is 2.26. The molecule has 1 aromatic carbocycles. The van der Waals surface area contributed by atoms with Crippen molar-refractivity contribution in [2.24, 2.45) is 0 Å². The van der Waals surface area contributed by atoms with Gasteiger partial charge in [0.25, 0.3) is 0 Å². The number of para-hydroxylation sites is 1. The molecule has 0 aliphatic heterocycles. The summed E-state index contributed by atoms with van der Waals surface area (Å²) in [7, 11) is -1.04. The lowest BCUT2D eigenvalue weighted by molar-refractivity contribution is 0.252. The maximum atomic E-state index is 6.16. The van der Waals surface area contributed by atoms with Crippen LogP contribution in [0.1, 0.15) is 24.3 Å². The normalized spacial score (nSPS) is 17.7. The first-order chi connectivity index (χ1) is 9.16. The Kier molecular flexibility index (Phi) is 3.17. The largest absolute Gasteiger partial charge is 0.410 e. The summed E-state index contributed by atoms with van der Waals surface area (Å²) in [5, 5.41) is 0. The zero-order chi connectivity index (χ0) is 13.4. The Labute approximate surface area is 116 Å². The maximum Gasteiger partial charge on any atom is 0.172 e.